The van der Waals surface area contributed by atoms with Gasteiger partial charge in [0.05, 0.1) is 11.7 Å². The summed E-state index contributed by atoms with van der Waals surface area (Å²) in [4.78, 5) is 20.0. The van der Waals surface area contributed by atoms with Crippen molar-refractivity contribution in [3.8, 4) is 0 Å². The van der Waals surface area contributed by atoms with Gasteiger partial charge in [0.25, 0.3) is 5.56 Å². The maximum absolute atomic E-state index is 13.0. The fraction of sp³-hybridized carbons (Fsp3) is 0.625. The van der Waals surface area contributed by atoms with Gasteiger partial charge in [0.2, 0.25) is 0 Å². The number of aryl methyl sites for hydroxylation is 2. The molecule has 0 unspecified atom stereocenters. The summed E-state index contributed by atoms with van der Waals surface area (Å²) >= 11 is 1.75. The number of fused-ring (bicyclic) bond motifs is 3. The number of thiophene rings is 1. The second kappa shape index (κ2) is 5.54. The van der Waals surface area contributed by atoms with E-state index >= 15 is 0 Å². The van der Waals surface area contributed by atoms with E-state index in [9.17, 15) is 4.79 Å². The summed E-state index contributed by atoms with van der Waals surface area (Å²) in [5, 5.41) is 4.29. The number of piperidine rings is 1. The zero-order valence-corrected chi connectivity index (χ0v) is 13.0. The molecule has 1 aliphatic carbocycles. The lowest BCUT2D eigenvalue weighted by atomic mass is 10.1. The van der Waals surface area contributed by atoms with Crippen LogP contribution in [-0.2, 0) is 12.8 Å². The molecule has 4 rings (SSSR count). The van der Waals surface area contributed by atoms with Gasteiger partial charge in [0.1, 0.15) is 4.83 Å². The lowest BCUT2D eigenvalue weighted by Crippen LogP contribution is -2.34. The molecule has 0 aromatic carbocycles. The van der Waals surface area contributed by atoms with Crippen LogP contribution in [0.2, 0.25) is 0 Å². The predicted octanol–water partition coefficient (Wildman–Crippen LogP) is 2.65. The summed E-state index contributed by atoms with van der Waals surface area (Å²) in [7, 11) is 0. The van der Waals surface area contributed by atoms with Gasteiger partial charge in [-0.25, -0.2) is 4.98 Å². The topological polar surface area (TPSA) is 46.9 Å². The van der Waals surface area contributed by atoms with E-state index in [0.29, 0.717) is 6.04 Å². The first kappa shape index (κ1) is 13.5. The van der Waals surface area contributed by atoms with Crippen molar-refractivity contribution in [3.63, 3.8) is 0 Å². The number of nitrogens with zero attached hydrogens (tertiary/aromatic N) is 2. The molecule has 2 aliphatic rings. The number of aromatic nitrogens is 2. The van der Waals surface area contributed by atoms with E-state index in [1.165, 1.54) is 29.7 Å². The van der Waals surface area contributed by atoms with Gasteiger partial charge in [-0.15, -0.1) is 11.3 Å². The Balaban J connectivity index is 1.85. The third-order valence-electron chi connectivity index (χ3n) is 4.85. The van der Waals surface area contributed by atoms with Gasteiger partial charge in [-0.3, -0.25) is 9.36 Å². The molecule has 1 aliphatic heterocycles. The van der Waals surface area contributed by atoms with E-state index in [0.717, 1.165) is 49.0 Å². The molecule has 0 saturated carbocycles. The van der Waals surface area contributed by atoms with Crippen LogP contribution < -0.4 is 10.9 Å². The first-order valence-electron chi connectivity index (χ1n) is 8.06. The Bertz CT molecular complexity index is 712. The van der Waals surface area contributed by atoms with E-state index in [2.05, 4.69) is 10.3 Å². The summed E-state index contributed by atoms with van der Waals surface area (Å²) in [5.74, 6) is 0. The highest BCUT2D eigenvalue weighted by atomic mass is 32.1. The summed E-state index contributed by atoms with van der Waals surface area (Å²) in [5.41, 5.74) is 1.51. The number of hydrogen-bond donors (Lipinski definition) is 1. The van der Waals surface area contributed by atoms with Crippen LogP contribution in [0, 0.1) is 0 Å². The van der Waals surface area contributed by atoms with E-state index in [-0.39, 0.29) is 5.56 Å². The van der Waals surface area contributed by atoms with Crippen LogP contribution in [0.15, 0.2) is 11.1 Å². The lowest BCUT2D eigenvalue weighted by Gasteiger charge is -2.24. The molecule has 21 heavy (non-hydrogen) atoms. The maximum atomic E-state index is 13.0. The van der Waals surface area contributed by atoms with Crippen LogP contribution >= 0.6 is 11.3 Å². The molecule has 0 amide bonds. The molecule has 4 nitrogen and oxygen atoms in total. The van der Waals surface area contributed by atoms with Gasteiger partial charge in [0, 0.05) is 10.9 Å². The van der Waals surface area contributed by atoms with Crippen LogP contribution in [0.4, 0.5) is 0 Å². The Morgan fingerprint density at radius 1 is 1.19 bits per heavy atom. The van der Waals surface area contributed by atoms with Gasteiger partial charge < -0.3 is 5.32 Å². The SMILES string of the molecule is O=c1c2c3c(sc2ncn1C1CCNCC1)CCCCC3. The molecular formula is C16H21N3OS. The van der Waals surface area contributed by atoms with Crippen LogP contribution in [-0.4, -0.2) is 22.6 Å². The predicted molar refractivity (Wildman–Crippen MR) is 86.3 cm³/mol. The molecule has 112 valence electrons. The molecular weight excluding hydrogens is 282 g/mol. The Labute approximate surface area is 128 Å². The molecule has 3 heterocycles. The summed E-state index contributed by atoms with van der Waals surface area (Å²) in [6, 6.07) is 0.317. The van der Waals surface area contributed by atoms with Crippen LogP contribution in [0.1, 0.15) is 48.6 Å². The molecule has 2 aromatic heterocycles. The summed E-state index contributed by atoms with van der Waals surface area (Å²) in [6.45, 7) is 1.99. The van der Waals surface area contributed by atoms with Gasteiger partial charge in [-0.1, -0.05) is 6.42 Å². The second-order valence-corrected chi connectivity index (χ2v) is 7.27. The minimum absolute atomic E-state index is 0.200. The molecule has 0 radical (unpaired) electrons. The van der Waals surface area contributed by atoms with Crippen molar-refractivity contribution in [2.24, 2.45) is 0 Å². The normalized spacial score (nSPS) is 20.4. The van der Waals surface area contributed by atoms with Crippen molar-refractivity contribution in [2.75, 3.05) is 13.1 Å². The number of rotatable bonds is 1. The van der Waals surface area contributed by atoms with E-state index in [4.69, 9.17) is 0 Å². The molecule has 0 atom stereocenters. The Morgan fingerprint density at radius 2 is 2.00 bits per heavy atom. The molecule has 1 fully saturated rings. The van der Waals surface area contributed by atoms with E-state index in [1.54, 1.807) is 17.7 Å². The quantitative estimate of drug-likeness (QED) is 0.824. The number of hydrogen-bond acceptors (Lipinski definition) is 4. The highest BCUT2D eigenvalue weighted by Crippen LogP contribution is 2.33. The van der Waals surface area contributed by atoms with Crippen LogP contribution in [0.5, 0.6) is 0 Å². The first-order chi connectivity index (χ1) is 10.3. The molecule has 0 bridgehead atoms. The molecule has 5 heteroatoms. The zero-order valence-electron chi connectivity index (χ0n) is 12.2. The van der Waals surface area contributed by atoms with Gasteiger partial charge >= 0.3 is 0 Å². The summed E-state index contributed by atoms with van der Waals surface area (Å²) in [6.07, 6.45) is 9.77. The highest BCUT2D eigenvalue weighted by Gasteiger charge is 2.22. The van der Waals surface area contributed by atoms with Crippen molar-refractivity contribution in [1.82, 2.24) is 14.9 Å². The second-order valence-electron chi connectivity index (χ2n) is 6.18. The number of nitrogens with one attached hydrogen (secondary N) is 1. The smallest absolute Gasteiger partial charge is 0.262 e. The monoisotopic (exact) mass is 303 g/mol. The standard InChI is InChI=1S/C16H21N3OS/c20-16-14-12-4-2-1-3-5-13(12)21-15(14)18-10-19(16)11-6-8-17-9-7-11/h10-11,17H,1-9H2. The van der Waals surface area contributed by atoms with Crippen molar-refractivity contribution in [1.29, 1.82) is 0 Å². The van der Waals surface area contributed by atoms with E-state index < -0.39 is 0 Å². The molecule has 0 spiro atoms. The summed E-state index contributed by atoms with van der Waals surface area (Å²) < 4.78 is 1.90. The maximum Gasteiger partial charge on any atom is 0.262 e. The van der Waals surface area contributed by atoms with Crippen molar-refractivity contribution in [2.45, 2.75) is 51.0 Å². The van der Waals surface area contributed by atoms with Gasteiger partial charge in [0.15, 0.2) is 0 Å². The van der Waals surface area contributed by atoms with Crippen LogP contribution in [0.25, 0.3) is 10.2 Å². The fourth-order valence-corrected chi connectivity index (χ4v) is 4.90. The fourth-order valence-electron chi connectivity index (χ4n) is 3.68. The average Bonchev–Trinajstić information content (AvgIpc) is 2.71. The molecule has 1 N–H and O–H groups in total. The lowest BCUT2D eigenvalue weighted by molar-refractivity contribution is 0.359. The molecule has 1 saturated heterocycles. The first-order valence-corrected chi connectivity index (χ1v) is 8.88. The van der Waals surface area contributed by atoms with Crippen molar-refractivity contribution in [3.05, 3.63) is 27.1 Å². The van der Waals surface area contributed by atoms with Crippen molar-refractivity contribution >= 4 is 21.6 Å². The third-order valence-corrected chi connectivity index (χ3v) is 6.05. The minimum atomic E-state index is 0.200. The van der Waals surface area contributed by atoms with Crippen LogP contribution in [0.3, 0.4) is 0 Å². The average molecular weight is 303 g/mol. The van der Waals surface area contributed by atoms with E-state index in [1.807, 2.05) is 4.57 Å². The zero-order chi connectivity index (χ0) is 14.2. The minimum Gasteiger partial charge on any atom is -0.317 e. The third kappa shape index (κ3) is 2.32. The van der Waals surface area contributed by atoms with Crippen molar-refractivity contribution < 1.29 is 0 Å². The molecule has 2 aromatic rings. The Morgan fingerprint density at radius 3 is 2.86 bits per heavy atom. The van der Waals surface area contributed by atoms with Gasteiger partial charge in [-0.05, 0) is 57.2 Å². The Kier molecular flexibility index (Phi) is 3.55. The Hall–Kier alpha value is -1.20. The highest BCUT2D eigenvalue weighted by molar-refractivity contribution is 7.18. The largest absolute Gasteiger partial charge is 0.317 e. The van der Waals surface area contributed by atoms with Gasteiger partial charge in [-0.2, -0.15) is 0 Å².